The van der Waals surface area contributed by atoms with E-state index < -0.39 is 5.97 Å². The normalized spacial score (nSPS) is 20.9. The highest BCUT2D eigenvalue weighted by Gasteiger charge is 2.34. The third-order valence-corrected chi connectivity index (χ3v) is 4.42. The van der Waals surface area contributed by atoms with E-state index in [4.69, 9.17) is 5.11 Å². The number of carboxylic acid groups (broad SMARTS) is 1. The van der Waals surface area contributed by atoms with Crippen LogP contribution in [0.15, 0.2) is 5.38 Å². The summed E-state index contributed by atoms with van der Waals surface area (Å²) in [7, 11) is 0. The van der Waals surface area contributed by atoms with Gasteiger partial charge in [0.25, 0.3) is 0 Å². The largest absolute Gasteiger partial charge is 0.480 e. The molecule has 2 amide bonds. The number of carboxylic acids is 1. The molecule has 1 aliphatic rings. The van der Waals surface area contributed by atoms with E-state index in [0.29, 0.717) is 11.7 Å². The Hall–Kier alpha value is -1.67. The minimum atomic E-state index is -0.815. The summed E-state index contributed by atoms with van der Waals surface area (Å²) < 4.78 is 0. The molecule has 0 saturated heterocycles. The number of aromatic nitrogens is 1. The zero-order valence-electron chi connectivity index (χ0n) is 12.1. The second-order valence-electron chi connectivity index (χ2n) is 5.17. The van der Waals surface area contributed by atoms with Gasteiger partial charge in [0.15, 0.2) is 5.13 Å². The van der Waals surface area contributed by atoms with Crippen LogP contribution >= 0.6 is 11.3 Å². The lowest BCUT2D eigenvalue weighted by molar-refractivity contribution is -0.139. The molecule has 7 nitrogen and oxygen atoms in total. The van der Waals surface area contributed by atoms with Gasteiger partial charge >= 0.3 is 12.0 Å². The predicted molar refractivity (Wildman–Crippen MR) is 80.7 cm³/mol. The molecular formula is C13H20N4O3S. The van der Waals surface area contributed by atoms with E-state index in [1.54, 1.807) is 0 Å². The van der Waals surface area contributed by atoms with Crippen LogP contribution in [0.2, 0.25) is 0 Å². The third-order valence-electron chi connectivity index (χ3n) is 3.55. The highest BCUT2D eigenvalue weighted by molar-refractivity contribution is 7.13. The summed E-state index contributed by atoms with van der Waals surface area (Å²) in [6, 6.07) is 0.0755. The molecule has 21 heavy (non-hydrogen) atoms. The third kappa shape index (κ3) is 4.40. The molecule has 2 rings (SSSR count). The minimum Gasteiger partial charge on any atom is -0.480 e. The van der Waals surface area contributed by atoms with Crippen LogP contribution in [0.3, 0.4) is 0 Å². The summed E-state index contributed by atoms with van der Waals surface area (Å²) >= 11 is 1.39. The van der Waals surface area contributed by atoms with Gasteiger partial charge in [-0.05, 0) is 26.3 Å². The zero-order valence-corrected chi connectivity index (χ0v) is 12.9. The SMILES string of the molecule is CCN(CC(=O)O)C1CC(NC(=O)Nc2nc(C)cs2)C1. The van der Waals surface area contributed by atoms with Crippen molar-refractivity contribution in [2.24, 2.45) is 0 Å². The van der Waals surface area contributed by atoms with Crippen molar-refractivity contribution in [3.05, 3.63) is 11.1 Å². The van der Waals surface area contributed by atoms with E-state index >= 15 is 0 Å². The summed E-state index contributed by atoms with van der Waals surface area (Å²) in [5, 5.41) is 16.9. The Bertz CT molecular complexity index is 513. The molecule has 1 fully saturated rings. The first-order valence-electron chi connectivity index (χ1n) is 6.93. The summed E-state index contributed by atoms with van der Waals surface area (Å²) in [4.78, 5) is 28.6. The number of likely N-dealkylation sites (N-methyl/N-ethyl adjacent to an activating group) is 1. The van der Waals surface area contributed by atoms with Gasteiger partial charge in [-0.15, -0.1) is 11.3 Å². The maximum absolute atomic E-state index is 11.8. The fraction of sp³-hybridized carbons (Fsp3) is 0.615. The number of anilines is 1. The Kier molecular flexibility index (Phi) is 5.13. The fourth-order valence-electron chi connectivity index (χ4n) is 2.41. The number of nitrogens with zero attached hydrogens (tertiary/aromatic N) is 2. The van der Waals surface area contributed by atoms with Gasteiger partial charge in [0, 0.05) is 17.5 Å². The molecule has 0 aromatic carbocycles. The van der Waals surface area contributed by atoms with Crippen molar-refractivity contribution in [1.29, 1.82) is 0 Å². The number of carbonyl (C=O) groups excluding carboxylic acids is 1. The second-order valence-corrected chi connectivity index (χ2v) is 6.03. The van der Waals surface area contributed by atoms with Crippen molar-refractivity contribution >= 4 is 28.5 Å². The van der Waals surface area contributed by atoms with Gasteiger partial charge in [-0.2, -0.15) is 0 Å². The number of urea groups is 1. The quantitative estimate of drug-likeness (QED) is 0.740. The van der Waals surface area contributed by atoms with Gasteiger partial charge in [0.1, 0.15) is 0 Å². The molecule has 0 atom stereocenters. The van der Waals surface area contributed by atoms with E-state index in [2.05, 4.69) is 15.6 Å². The van der Waals surface area contributed by atoms with Crippen LogP contribution < -0.4 is 10.6 Å². The van der Waals surface area contributed by atoms with Crippen molar-refractivity contribution in [3.8, 4) is 0 Å². The van der Waals surface area contributed by atoms with Crippen LogP contribution in [0, 0.1) is 6.92 Å². The smallest absolute Gasteiger partial charge is 0.321 e. The number of thiazole rings is 1. The van der Waals surface area contributed by atoms with E-state index in [1.165, 1.54) is 11.3 Å². The van der Waals surface area contributed by atoms with Crippen LogP contribution in [0.1, 0.15) is 25.5 Å². The molecule has 1 heterocycles. The average molecular weight is 312 g/mol. The molecule has 1 saturated carbocycles. The number of rotatable bonds is 6. The van der Waals surface area contributed by atoms with Crippen molar-refractivity contribution in [2.75, 3.05) is 18.4 Å². The van der Waals surface area contributed by atoms with Crippen molar-refractivity contribution in [3.63, 3.8) is 0 Å². The molecule has 0 aliphatic heterocycles. The van der Waals surface area contributed by atoms with Gasteiger partial charge in [-0.25, -0.2) is 9.78 Å². The average Bonchev–Trinajstić information content (AvgIpc) is 2.76. The highest BCUT2D eigenvalue weighted by atomic mass is 32.1. The first-order chi connectivity index (χ1) is 9.97. The summed E-state index contributed by atoms with van der Waals surface area (Å²) in [5.41, 5.74) is 0.881. The lowest BCUT2D eigenvalue weighted by Crippen LogP contribution is -2.55. The molecule has 1 aliphatic carbocycles. The van der Waals surface area contributed by atoms with Crippen LogP contribution in [-0.4, -0.2) is 52.2 Å². The van der Waals surface area contributed by atoms with E-state index in [1.807, 2.05) is 24.1 Å². The number of amides is 2. The molecule has 0 unspecified atom stereocenters. The van der Waals surface area contributed by atoms with Crippen molar-refractivity contribution in [2.45, 2.75) is 38.8 Å². The maximum Gasteiger partial charge on any atom is 0.321 e. The molecule has 116 valence electrons. The Balaban J connectivity index is 1.72. The Morgan fingerprint density at radius 1 is 1.52 bits per heavy atom. The number of aryl methyl sites for hydroxylation is 1. The van der Waals surface area contributed by atoms with Crippen molar-refractivity contribution in [1.82, 2.24) is 15.2 Å². The topological polar surface area (TPSA) is 94.6 Å². The first kappa shape index (κ1) is 15.7. The van der Waals surface area contributed by atoms with E-state index in [0.717, 1.165) is 18.5 Å². The van der Waals surface area contributed by atoms with Crippen LogP contribution in [0.5, 0.6) is 0 Å². The van der Waals surface area contributed by atoms with Crippen LogP contribution in [-0.2, 0) is 4.79 Å². The Labute approximate surface area is 127 Å². The molecule has 0 bridgehead atoms. The lowest BCUT2D eigenvalue weighted by atomic mass is 9.85. The van der Waals surface area contributed by atoms with Gasteiger partial charge in [-0.1, -0.05) is 6.92 Å². The number of hydrogen-bond donors (Lipinski definition) is 3. The molecule has 8 heteroatoms. The van der Waals surface area contributed by atoms with Gasteiger partial charge < -0.3 is 10.4 Å². The monoisotopic (exact) mass is 312 g/mol. The van der Waals surface area contributed by atoms with Crippen LogP contribution in [0.4, 0.5) is 9.93 Å². The molecule has 0 spiro atoms. The fourth-order valence-corrected chi connectivity index (χ4v) is 3.09. The Morgan fingerprint density at radius 2 is 2.24 bits per heavy atom. The lowest BCUT2D eigenvalue weighted by Gasteiger charge is -2.42. The van der Waals surface area contributed by atoms with E-state index in [9.17, 15) is 9.59 Å². The second kappa shape index (κ2) is 6.86. The van der Waals surface area contributed by atoms with Gasteiger partial charge in [0.05, 0.1) is 12.2 Å². The number of hydrogen-bond acceptors (Lipinski definition) is 5. The number of aliphatic carboxylic acids is 1. The summed E-state index contributed by atoms with van der Waals surface area (Å²) in [6.45, 7) is 4.58. The first-order valence-corrected chi connectivity index (χ1v) is 7.81. The van der Waals surface area contributed by atoms with Gasteiger partial charge in [0.2, 0.25) is 0 Å². The van der Waals surface area contributed by atoms with E-state index in [-0.39, 0.29) is 24.7 Å². The maximum atomic E-state index is 11.8. The number of nitrogens with one attached hydrogen (secondary N) is 2. The molecular weight excluding hydrogens is 292 g/mol. The van der Waals surface area contributed by atoms with Crippen molar-refractivity contribution < 1.29 is 14.7 Å². The number of carbonyl (C=O) groups is 2. The highest BCUT2D eigenvalue weighted by Crippen LogP contribution is 2.25. The molecule has 0 radical (unpaired) electrons. The predicted octanol–water partition coefficient (Wildman–Crippen LogP) is 1.51. The standard InChI is InChI=1S/C13H20N4O3S/c1-3-17(6-11(18)19)10-4-9(5-10)15-12(20)16-13-14-8(2)7-21-13/h7,9-10H,3-6H2,1-2H3,(H,18,19)(H2,14,15,16,20). The molecule has 1 aromatic heterocycles. The summed E-state index contributed by atoms with van der Waals surface area (Å²) in [5.74, 6) is -0.815. The molecule has 1 aromatic rings. The summed E-state index contributed by atoms with van der Waals surface area (Å²) in [6.07, 6.45) is 1.57. The zero-order chi connectivity index (χ0) is 15.4. The Morgan fingerprint density at radius 3 is 2.76 bits per heavy atom. The molecule has 3 N–H and O–H groups in total. The van der Waals surface area contributed by atoms with Crippen LogP contribution in [0.25, 0.3) is 0 Å². The minimum absolute atomic E-state index is 0.0540. The van der Waals surface area contributed by atoms with Gasteiger partial charge in [-0.3, -0.25) is 15.0 Å².